The normalized spacial score (nSPS) is 13.5. The van der Waals surface area contributed by atoms with Gasteiger partial charge in [0.05, 0.1) is 6.61 Å². The van der Waals surface area contributed by atoms with Gasteiger partial charge in [-0.1, -0.05) is 58.0 Å². The topological polar surface area (TPSA) is 73.3 Å². The van der Waals surface area contributed by atoms with Crippen LogP contribution in [0.3, 0.4) is 0 Å². The summed E-state index contributed by atoms with van der Waals surface area (Å²) in [6, 6.07) is 9.85. The Hall–Kier alpha value is -1.96. The summed E-state index contributed by atoms with van der Waals surface area (Å²) in [5.74, 6) is 0. The predicted molar refractivity (Wildman–Crippen MR) is 114 cm³/mol. The van der Waals surface area contributed by atoms with Gasteiger partial charge in [0.15, 0.2) is 8.32 Å². The molecule has 28 heavy (non-hydrogen) atoms. The molecule has 2 aromatic rings. The highest BCUT2D eigenvalue weighted by atomic mass is 28.4. The Bertz CT molecular complexity index is 882. The van der Waals surface area contributed by atoms with E-state index in [0.29, 0.717) is 18.6 Å². The second-order valence-electron chi connectivity index (χ2n) is 8.50. The van der Waals surface area contributed by atoms with Crippen molar-refractivity contribution in [3.63, 3.8) is 0 Å². The molecule has 0 aliphatic carbocycles. The maximum Gasteiger partial charge on any atom is 0.330 e. The molecule has 1 atom stereocenters. The van der Waals surface area contributed by atoms with Gasteiger partial charge in [-0.15, -0.1) is 0 Å². The largest absolute Gasteiger partial charge is 0.414 e. The van der Waals surface area contributed by atoms with Crippen LogP contribution < -0.4 is 11.2 Å². The highest BCUT2D eigenvalue weighted by molar-refractivity contribution is 6.74. The van der Waals surface area contributed by atoms with Crippen LogP contribution in [0, 0.1) is 0 Å². The number of aryl methyl sites for hydroxylation is 1. The molecule has 0 radical (unpaired) electrons. The van der Waals surface area contributed by atoms with E-state index in [4.69, 9.17) is 9.16 Å². The summed E-state index contributed by atoms with van der Waals surface area (Å²) in [6.07, 6.45) is 1.81. The molecule has 1 aromatic heterocycles. The van der Waals surface area contributed by atoms with E-state index in [1.165, 1.54) is 4.57 Å². The molecule has 7 heteroatoms. The van der Waals surface area contributed by atoms with Crippen molar-refractivity contribution < 1.29 is 9.16 Å². The first-order valence-corrected chi connectivity index (χ1v) is 12.6. The van der Waals surface area contributed by atoms with Crippen LogP contribution in [0.25, 0.3) is 0 Å². The summed E-state index contributed by atoms with van der Waals surface area (Å²) < 4.78 is 13.8. The first kappa shape index (κ1) is 22.3. The lowest BCUT2D eigenvalue weighted by atomic mass is 10.1. The summed E-state index contributed by atoms with van der Waals surface area (Å²) in [6.45, 7) is 13.3. The average Bonchev–Trinajstić information content (AvgIpc) is 2.63. The van der Waals surface area contributed by atoms with E-state index in [9.17, 15) is 9.59 Å². The molecule has 0 bridgehead atoms. The van der Waals surface area contributed by atoms with E-state index in [2.05, 4.69) is 38.8 Å². The van der Waals surface area contributed by atoms with Crippen molar-refractivity contribution >= 4 is 8.32 Å². The van der Waals surface area contributed by atoms with Crippen molar-refractivity contribution in [2.24, 2.45) is 0 Å². The van der Waals surface area contributed by atoms with Gasteiger partial charge >= 0.3 is 5.69 Å². The average molecular weight is 405 g/mol. The monoisotopic (exact) mass is 404 g/mol. The van der Waals surface area contributed by atoms with Crippen LogP contribution in [0.5, 0.6) is 0 Å². The Labute approximate surface area is 167 Å². The number of H-pyrrole nitrogens is 1. The number of aromatic nitrogens is 2. The molecule has 1 heterocycles. The number of nitrogens with one attached hydrogen (secondary N) is 1. The van der Waals surface area contributed by atoms with Crippen molar-refractivity contribution in [1.82, 2.24) is 9.55 Å². The molecule has 6 nitrogen and oxygen atoms in total. The second-order valence-corrected chi connectivity index (χ2v) is 13.3. The summed E-state index contributed by atoms with van der Waals surface area (Å²) in [7, 11) is -1.94. The lowest BCUT2D eigenvalue weighted by molar-refractivity contribution is -0.0243. The Morgan fingerprint density at radius 1 is 1.14 bits per heavy atom. The fraction of sp³-hybridized carbons (Fsp3) is 0.524. The summed E-state index contributed by atoms with van der Waals surface area (Å²) in [4.78, 5) is 26.2. The minimum absolute atomic E-state index is 0.0447. The van der Waals surface area contributed by atoms with Crippen LogP contribution in [0.15, 0.2) is 46.1 Å². The Kier molecular flexibility index (Phi) is 7.20. The predicted octanol–water partition coefficient (Wildman–Crippen LogP) is 3.84. The van der Waals surface area contributed by atoms with Gasteiger partial charge < -0.3 is 9.16 Å². The minimum Gasteiger partial charge on any atom is -0.414 e. The number of rotatable bonds is 8. The van der Waals surface area contributed by atoms with Crippen LogP contribution >= 0.6 is 0 Å². The standard InChI is InChI=1S/C21H32N2O4Si/c1-7-16-13-23(20(25)22-19(16)24)15-26-18(17-11-9-8-10-12-17)14-27-28(5,6)21(2,3)4/h8-13,18H,7,14-15H2,1-6H3,(H,22,24,25). The molecule has 154 valence electrons. The zero-order chi connectivity index (χ0) is 20.9. The third-order valence-corrected chi connectivity index (χ3v) is 9.95. The summed E-state index contributed by atoms with van der Waals surface area (Å²) >= 11 is 0. The van der Waals surface area contributed by atoms with Crippen molar-refractivity contribution in [3.05, 3.63) is 68.5 Å². The summed E-state index contributed by atoms with van der Waals surface area (Å²) in [5, 5.41) is 0.0973. The SMILES string of the molecule is CCc1cn(COC(CO[Si](C)(C)C(C)(C)C)c2ccccc2)c(=O)[nH]c1=O. The van der Waals surface area contributed by atoms with E-state index in [-0.39, 0.29) is 23.4 Å². The van der Waals surface area contributed by atoms with Gasteiger partial charge in [-0.2, -0.15) is 0 Å². The number of benzene rings is 1. The van der Waals surface area contributed by atoms with Gasteiger partial charge in [0.25, 0.3) is 5.56 Å². The van der Waals surface area contributed by atoms with E-state index in [0.717, 1.165) is 5.56 Å². The Balaban J connectivity index is 2.20. The lowest BCUT2D eigenvalue weighted by Gasteiger charge is -2.37. The number of ether oxygens (including phenoxy) is 1. The van der Waals surface area contributed by atoms with Gasteiger partial charge in [0.1, 0.15) is 12.8 Å². The van der Waals surface area contributed by atoms with Gasteiger partial charge in [0.2, 0.25) is 0 Å². The van der Waals surface area contributed by atoms with Crippen LogP contribution in [0.1, 0.15) is 44.9 Å². The quantitative estimate of drug-likeness (QED) is 0.679. The second kappa shape index (κ2) is 9.02. The molecule has 2 rings (SSSR count). The van der Waals surface area contributed by atoms with Crippen LogP contribution in [-0.2, 0) is 22.3 Å². The van der Waals surface area contributed by atoms with E-state index < -0.39 is 14.0 Å². The third kappa shape index (κ3) is 5.53. The molecule has 1 N–H and O–H groups in total. The number of hydrogen-bond acceptors (Lipinski definition) is 4. The van der Waals surface area contributed by atoms with Crippen LogP contribution in [0.2, 0.25) is 18.1 Å². The van der Waals surface area contributed by atoms with E-state index >= 15 is 0 Å². The fourth-order valence-corrected chi connectivity index (χ4v) is 3.48. The van der Waals surface area contributed by atoms with Crippen LogP contribution in [0.4, 0.5) is 0 Å². The van der Waals surface area contributed by atoms with Gasteiger partial charge in [-0.25, -0.2) is 4.79 Å². The van der Waals surface area contributed by atoms with Crippen molar-refractivity contribution in [2.75, 3.05) is 6.61 Å². The lowest BCUT2D eigenvalue weighted by Crippen LogP contribution is -2.42. The van der Waals surface area contributed by atoms with Gasteiger partial charge in [-0.05, 0) is 30.1 Å². The summed E-state index contributed by atoms with van der Waals surface area (Å²) in [5.41, 5.74) is 0.732. The maximum atomic E-state index is 12.1. The highest BCUT2D eigenvalue weighted by Crippen LogP contribution is 2.37. The highest BCUT2D eigenvalue weighted by Gasteiger charge is 2.37. The molecule has 0 saturated heterocycles. The first-order chi connectivity index (χ1) is 13.0. The van der Waals surface area contributed by atoms with Gasteiger partial charge in [-0.3, -0.25) is 14.3 Å². The fourth-order valence-electron chi connectivity index (χ4n) is 2.48. The maximum absolute atomic E-state index is 12.1. The van der Waals surface area contributed by atoms with Crippen LogP contribution in [-0.4, -0.2) is 24.5 Å². The van der Waals surface area contributed by atoms with Crippen molar-refractivity contribution in [2.45, 2.75) is 65.1 Å². The first-order valence-electron chi connectivity index (χ1n) is 9.68. The number of aromatic amines is 1. The molecule has 0 aliphatic heterocycles. The zero-order valence-corrected chi connectivity index (χ0v) is 18.7. The van der Waals surface area contributed by atoms with E-state index in [1.54, 1.807) is 6.20 Å². The molecule has 0 fully saturated rings. The molecule has 0 amide bonds. The molecule has 1 unspecified atom stereocenters. The number of nitrogens with zero attached hydrogens (tertiary/aromatic N) is 1. The molecule has 1 aromatic carbocycles. The van der Waals surface area contributed by atoms with Crippen molar-refractivity contribution in [3.8, 4) is 0 Å². The molecule has 0 spiro atoms. The van der Waals surface area contributed by atoms with E-state index in [1.807, 2.05) is 37.3 Å². The zero-order valence-electron chi connectivity index (χ0n) is 17.7. The Morgan fingerprint density at radius 3 is 2.36 bits per heavy atom. The van der Waals surface area contributed by atoms with Gasteiger partial charge in [0, 0.05) is 11.8 Å². The van der Waals surface area contributed by atoms with Crippen molar-refractivity contribution in [1.29, 1.82) is 0 Å². The molecule has 0 saturated carbocycles. The third-order valence-electron chi connectivity index (χ3n) is 5.45. The molecular formula is C21H32N2O4Si. The molecule has 0 aliphatic rings. The minimum atomic E-state index is -1.94. The number of hydrogen-bond donors (Lipinski definition) is 1. The Morgan fingerprint density at radius 2 is 1.79 bits per heavy atom. The smallest absolute Gasteiger partial charge is 0.330 e. The molecular weight excluding hydrogens is 372 g/mol.